The van der Waals surface area contributed by atoms with Gasteiger partial charge in [0, 0.05) is 12.5 Å². The molecule has 3 rings (SSSR count). The number of morpholine rings is 1. The minimum absolute atomic E-state index is 0.0596. The van der Waals surface area contributed by atoms with Gasteiger partial charge in [0.05, 0.1) is 18.2 Å². The molecule has 0 saturated carbocycles. The van der Waals surface area contributed by atoms with Gasteiger partial charge in [-0.3, -0.25) is 0 Å². The maximum Gasteiger partial charge on any atom is 0.245 e. The van der Waals surface area contributed by atoms with Crippen molar-refractivity contribution in [3.63, 3.8) is 0 Å². The Balaban J connectivity index is 1.99. The van der Waals surface area contributed by atoms with Crippen molar-refractivity contribution in [2.45, 2.75) is 30.7 Å². The van der Waals surface area contributed by atoms with Gasteiger partial charge in [-0.05, 0) is 12.1 Å². The highest BCUT2D eigenvalue weighted by atomic mass is 35.5. The Kier molecular flexibility index (Phi) is 4.91. The molecule has 0 N–H and O–H groups in total. The lowest BCUT2D eigenvalue weighted by Gasteiger charge is -2.32. The number of nitrogens with zero attached hydrogens (tertiary/aromatic N) is 3. The summed E-state index contributed by atoms with van der Waals surface area (Å²) >= 11 is 6.08. The van der Waals surface area contributed by atoms with Crippen LogP contribution in [0.4, 0.5) is 0 Å². The highest BCUT2D eigenvalue weighted by molar-refractivity contribution is 7.89. The Morgan fingerprint density at radius 2 is 2.08 bits per heavy atom. The van der Waals surface area contributed by atoms with Crippen LogP contribution in [0.3, 0.4) is 0 Å². The number of aromatic nitrogens is 2. The Hall–Kier alpha value is -1.48. The molecular formula is C15H18ClN3O4S. The van der Waals surface area contributed by atoms with Crippen molar-refractivity contribution in [1.29, 1.82) is 0 Å². The van der Waals surface area contributed by atoms with Gasteiger partial charge in [0.25, 0.3) is 0 Å². The average molecular weight is 372 g/mol. The lowest BCUT2D eigenvalue weighted by Crippen LogP contribution is -2.43. The maximum atomic E-state index is 13.0. The van der Waals surface area contributed by atoms with Gasteiger partial charge in [-0.1, -0.05) is 42.7 Å². The van der Waals surface area contributed by atoms with Gasteiger partial charge in [0.2, 0.25) is 15.9 Å². The fourth-order valence-corrected chi connectivity index (χ4v) is 4.53. The molecule has 9 heteroatoms. The van der Waals surface area contributed by atoms with Crippen molar-refractivity contribution < 1.29 is 17.7 Å². The molecule has 1 fully saturated rings. The number of sulfonamides is 1. The molecule has 1 saturated heterocycles. The third-order valence-corrected chi connectivity index (χ3v) is 6.16. The van der Waals surface area contributed by atoms with Crippen LogP contribution < -0.4 is 0 Å². The SMILES string of the molecule is CC(C)c1nc(C2COCCN2S(=O)(=O)c2ccccc2Cl)no1. The first-order chi connectivity index (χ1) is 11.4. The van der Waals surface area contributed by atoms with E-state index in [-0.39, 0.29) is 29.0 Å². The van der Waals surface area contributed by atoms with E-state index in [1.165, 1.54) is 10.4 Å². The molecule has 0 radical (unpaired) electrons. The zero-order valence-corrected chi connectivity index (χ0v) is 14.9. The molecule has 1 aliphatic rings. The summed E-state index contributed by atoms with van der Waals surface area (Å²) < 4.78 is 38.0. The normalized spacial score (nSPS) is 19.8. The lowest BCUT2D eigenvalue weighted by molar-refractivity contribution is 0.0282. The molecule has 0 bridgehead atoms. The summed E-state index contributed by atoms with van der Waals surface area (Å²) in [7, 11) is -3.80. The minimum Gasteiger partial charge on any atom is -0.378 e. The summed E-state index contributed by atoms with van der Waals surface area (Å²) in [5, 5.41) is 4.12. The standard InChI is InChI=1S/C15H18ClN3O4S/c1-10(2)15-17-14(18-23-15)12-9-22-8-7-19(12)24(20,21)13-6-4-3-5-11(13)16/h3-6,10,12H,7-9H2,1-2H3. The third kappa shape index (κ3) is 3.19. The first kappa shape index (κ1) is 17.3. The van der Waals surface area contributed by atoms with Crippen LogP contribution in [0, 0.1) is 0 Å². The van der Waals surface area contributed by atoms with E-state index in [2.05, 4.69) is 10.1 Å². The quantitative estimate of drug-likeness (QED) is 0.821. The van der Waals surface area contributed by atoms with Crippen molar-refractivity contribution >= 4 is 21.6 Å². The van der Waals surface area contributed by atoms with E-state index in [0.29, 0.717) is 18.3 Å². The highest BCUT2D eigenvalue weighted by Gasteiger charge is 2.38. The number of ether oxygens (including phenoxy) is 1. The molecule has 2 heterocycles. The van der Waals surface area contributed by atoms with Crippen molar-refractivity contribution in [3.05, 3.63) is 41.0 Å². The second kappa shape index (κ2) is 6.79. The number of rotatable bonds is 4. The second-order valence-electron chi connectivity index (χ2n) is 5.78. The third-order valence-electron chi connectivity index (χ3n) is 3.75. The van der Waals surface area contributed by atoms with Gasteiger partial charge in [-0.15, -0.1) is 0 Å². The van der Waals surface area contributed by atoms with Gasteiger partial charge in [-0.25, -0.2) is 8.42 Å². The van der Waals surface area contributed by atoms with Crippen LogP contribution in [0.5, 0.6) is 0 Å². The Bertz CT molecular complexity index is 822. The van der Waals surface area contributed by atoms with Crippen molar-refractivity contribution in [2.24, 2.45) is 0 Å². The van der Waals surface area contributed by atoms with Gasteiger partial charge >= 0.3 is 0 Å². The van der Waals surface area contributed by atoms with Gasteiger partial charge in [0.15, 0.2) is 5.82 Å². The molecule has 1 unspecified atom stereocenters. The zero-order valence-electron chi connectivity index (χ0n) is 13.3. The van der Waals surface area contributed by atoms with E-state index in [4.69, 9.17) is 20.9 Å². The summed E-state index contributed by atoms with van der Waals surface area (Å²) in [5.74, 6) is 0.823. The number of halogens is 1. The summed E-state index contributed by atoms with van der Waals surface area (Å²) in [5.41, 5.74) is 0. The number of benzene rings is 1. The van der Waals surface area contributed by atoms with Crippen LogP contribution in [0.2, 0.25) is 5.02 Å². The average Bonchev–Trinajstić information content (AvgIpc) is 3.05. The van der Waals surface area contributed by atoms with Crippen LogP contribution in [0.15, 0.2) is 33.7 Å². The minimum atomic E-state index is -3.80. The fourth-order valence-electron chi connectivity index (χ4n) is 2.48. The molecule has 2 aromatic rings. The van der Waals surface area contributed by atoms with E-state index in [0.717, 1.165) is 0 Å². The summed E-state index contributed by atoms with van der Waals surface area (Å²) in [6.07, 6.45) is 0. The van der Waals surface area contributed by atoms with Crippen LogP contribution in [-0.2, 0) is 14.8 Å². The Morgan fingerprint density at radius 1 is 1.33 bits per heavy atom. The smallest absolute Gasteiger partial charge is 0.245 e. The van der Waals surface area contributed by atoms with Crippen LogP contribution in [0.1, 0.15) is 37.5 Å². The predicted octanol–water partition coefficient (Wildman–Crippen LogP) is 2.61. The molecule has 0 aliphatic carbocycles. The molecule has 1 aliphatic heterocycles. The Labute approximate surface area is 145 Å². The van der Waals surface area contributed by atoms with Gasteiger partial charge < -0.3 is 9.26 Å². The lowest BCUT2D eigenvalue weighted by atomic mass is 10.2. The predicted molar refractivity (Wildman–Crippen MR) is 87.3 cm³/mol. The van der Waals surface area contributed by atoms with Gasteiger partial charge in [0.1, 0.15) is 10.9 Å². The molecule has 7 nitrogen and oxygen atoms in total. The molecule has 130 valence electrons. The molecular weight excluding hydrogens is 354 g/mol. The Morgan fingerprint density at radius 3 is 2.75 bits per heavy atom. The first-order valence-electron chi connectivity index (χ1n) is 7.59. The molecule has 24 heavy (non-hydrogen) atoms. The topological polar surface area (TPSA) is 85.5 Å². The van der Waals surface area contributed by atoms with Crippen molar-refractivity contribution in [3.8, 4) is 0 Å². The summed E-state index contributed by atoms with van der Waals surface area (Å²) in [4.78, 5) is 4.38. The van der Waals surface area contributed by atoms with Crippen molar-refractivity contribution in [1.82, 2.24) is 14.4 Å². The largest absolute Gasteiger partial charge is 0.378 e. The van der Waals surface area contributed by atoms with Crippen LogP contribution in [-0.4, -0.2) is 42.6 Å². The van der Waals surface area contributed by atoms with Crippen LogP contribution >= 0.6 is 11.6 Å². The van der Waals surface area contributed by atoms with E-state index in [9.17, 15) is 8.42 Å². The number of hydrogen-bond acceptors (Lipinski definition) is 6. The monoisotopic (exact) mass is 371 g/mol. The van der Waals surface area contributed by atoms with Crippen LogP contribution in [0.25, 0.3) is 0 Å². The van der Waals surface area contributed by atoms with E-state index in [1.54, 1.807) is 18.2 Å². The zero-order chi connectivity index (χ0) is 17.3. The van der Waals surface area contributed by atoms with E-state index >= 15 is 0 Å². The molecule has 0 amide bonds. The van der Waals surface area contributed by atoms with Gasteiger partial charge in [-0.2, -0.15) is 9.29 Å². The van der Waals surface area contributed by atoms with Crippen molar-refractivity contribution in [2.75, 3.05) is 19.8 Å². The number of hydrogen-bond donors (Lipinski definition) is 0. The summed E-state index contributed by atoms with van der Waals surface area (Å²) in [6.45, 7) is 4.51. The summed E-state index contributed by atoms with van der Waals surface area (Å²) in [6, 6.07) is 5.72. The second-order valence-corrected chi connectivity index (χ2v) is 8.05. The highest BCUT2D eigenvalue weighted by Crippen LogP contribution is 2.32. The molecule has 1 atom stereocenters. The molecule has 1 aromatic heterocycles. The van der Waals surface area contributed by atoms with E-state index < -0.39 is 16.1 Å². The molecule has 0 spiro atoms. The molecule has 1 aromatic carbocycles. The fraction of sp³-hybridized carbons (Fsp3) is 0.467. The maximum absolute atomic E-state index is 13.0. The van der Waals surface area contributed by atoms with E-state index in [1.807, 2.05) is 13.8 Å². The first-order valence-corrected chi connectivity index (χ1v) is 9.40.